The van der Waals surface area contributed by atoms with Crippen molar-refractivity contribution in [1.82, 2.24) is 9.55 Å². The van der Waals surface area contributed by atoms with Crippen molar-refractivity contribution in [2.24, 2.45) is 0 Å². The summed E-state index contributed by atoms with van der Waals surface area (Å²) in [6.07, 6.45) is 1.43. The zero-order chi connectivity index (χ0) is 8.55. The highest BCUT2D eigenvalue weighted by Crippen LogP contribution is 2.19. The minimum absolute atomic E-state index is 0.310. The molecule has 0 bridgehead atoms. The van der Waals surface area contributed by atoms with Crippen LogP contribution < -0.4 is 0 Å². The largest absolute Gasteiger partial charge is 0.477 e. The molecule has 1 aromatic heterocycles. The summed E-state index contributed by atoms with van der Waals surface area (Å²) < 4.78 is 1.78. The van der Waals surface area contributed by atoms with Gasteiger partial charge in [0.2, 0.25) is 0 Å². The molecule has 4 nitrogen and oxygen atoms in total. The van der Waals surface area contributed by atoms with Gasteiger partial charge in [0.25, 0.3) is 0 Å². The van der Waals surface area contributed by atoms with E-state index in [0.717, 1.165) is 23.9 Å². The van der Waals surface area contributed by atoms with E-state index in [1.54, 1.807) is 16.3 Å². The predicted molar refractivity (Wildman–Crippen MR) is 45.3 cm³/mol. The third-order valence-corrected chi connectivity index (χ3v) is 2.78. The Morgan fingerprint density at radius 3 is 3.33 bits per heavy atom. The first-order valence-electron chi connectivity index (χ1n) is 3.64. The molecule has 0 unspecified atom stereocenters. The van der Waals surface area contributed by atoms with Crippen molar-refractivity contribution >= 4 is 17.7 Å². The Balaban J connectivity index is 2.44. The first-order chi connectivity index (χ1) is 5.79. The van der Waals surface area contributed by atoms with Gasteiger partial charge in [-0.15, -0.1) is 0 Å². The first-order valence-corrected chi connectivity index (χ1v) is 4.80. The topological polar surface area (TPSA) is 55.1 Å². The van der Waals surface area contributed by atoms with E-state index in [4.69, 9.17) is 5.11 Å². The van der Waals surface area contributed by atoms with Crippen LogP contribution >= 0.6 is 11.8 Å². The van der Waals surface area contributed by atoms with Crippen molar-refractivity contribution in [3.8, 4) is 0 Å². The number of carboxylic acids is 1. The molecule has 64 valence electrons. The summed E-state index contributed by atoms with van der Waals surface area (Å²) in [6.45, 7) is 0.766. The maximum absolute atomic E-state index is 10.7. The van der Waals surface area contributed by atoms with Gasteiger partial charge in [0, 0.05) is 12.3 Å². The molecular weight excluding hydrogens is 176 g/mol. The highest BCUT2D eigenvalue weighted by Gasteiger charge is 2.17. The summed E-state index contributed by atoms with van der Waals surface area (Å²) >= 11 is 1.79. The Kier molecular flexibility index (Phi) is 1.80. The fourth-order valence-corrected chi connectivity index (χ4v) is 2.14. The summed E-state index contributed by atoms with van der Waals surface area (Å²) in [4.78, 5) is 14.7. The normalized spacial score (nSPS) is 15.7. The van der Waals surface area contributed by atoms with Crippen molar-refractivity contribution in [1.29, 1.82) is 0 Å². The quantitative estimate of drug-likeness (QED) is 0.702. The van der Waals surface area contributed by atoms with Gasteiger partial charge in [-0.3, -0.25) is 0 Å². The molecule has 0 amide bonds. The van der Waals surface area contributed by atoms with Gasteiger partial charge in [0.05, 0.1) is 11.9 Å². The lowest BCUT2D eigenvalue weighted by atomic mass is 10.4. The Hall–Kier alpha value is -0.970. The molecule has 1 aliphatic rings. The van der Waals surface area contributed by atoms with E-state index in [-0.39, 0.29) is 0 Å². The van der Waals surface area contributed by atoms with Gasteiger partial charge in [-0.1, -0.05) is 0 Å². The van der Waals surface area contributed by atoms with Gasteiger partial charge >= 0.3 is 5.97 Å². The molecule has 1 N–H and O–H groups in total. The molecule has 0 aliphatic carbocycles. The molecule has 0 fully saturated rings. The van der Waals surface area contributed by atoms with Gasteiger partial charge in [0.15, 0.2) is 0 Å². The van der Waals surface area contributed by atoms with Gasteiger partial charge < -0.3 is 9.67 Å². The van der Waals surface area contributed by atoms with E-state index in [1.807, 2.05) is 0 Å². The molecule has 0 aromatic carbocycles. The van der Waals surface area contributed by atoms with Crippen LogP contribution in [0.2, 0.25) is 0 Å². The van der Waals surface area contributed by atoms with Crippen LogP contribution in [0, 0.1) is 0 Å². The lowest BCUT2D eigenvalue weighted by Crippen LogP contribution is -2.15. The Morgan fingerprint density at radius 1 is 1.75 bits per heavy atom. The molecular formula is C7H8N2O2S. The number of hydrogen-bond donors (Lipinski definition) is 1. The van der Waals surface area contributed by atoms with E-state index >= 15 is 0 Å². The second kappa shape index (κ2) is 2.82. The number of carboxylic acid groups (broad SMARTS) is 1. The minimum atomic E-state index is -0.888. The number of aromatic nitrogens is 2. The van der Waals surface area contributed by atoms with E-state index in [9.17, 15) is 4.79 Å². The van der Waals surface area contributed by atoms with Gasteiger partial charge in [0.1, 0.15) is 11.5 Å². The molecule has 1 aromatic rings. The Labute approximate surface area is 73.6 Å². The lowest BCUT2D eigenvalue weighted by Gasteiger charge is -2.14. The van der Waals surface area contributed by atoms with Gasteiger partial charge in [-0.2, -0.15) is 11.8 Å². The molecule has 0 radical (unpaired) electrons. The zero-order valence-electron chi connectivity index (χ0n) is 6.36. The summed E-state index contributed by atoms with van der Waals surface area (Å²) in [7, 11) is 0. The van der Waals surface area contributed by atoms with Crippen LogP contribution in [0.25, 0.3) is 0 Å². The second-order valence-electron chi connectivity index (χ2n) is 2.57. The van der Waals surface area contributed by atoms with Crippen LogP contribution in [0.4, 0.5) is 0 Å². The van der Waals surface area contributed by atoms with E-state index in [1.165, 1.54) is 6.20 Å². The molecule has 0 spiro atoms. The van der Waals surface area contributed by atoms with Crippen LogP contribution in [0.15, 0.2) is 6.20 Å². The first kappa shape index (κ1) is 7.67. The van der Waals surface area contributed by atoms with Crippen LogP contribution in [0.5, 0.6) is 0 Å². The zero-order valence-corrected chi connectivity index (χ0v) is 7.17. The highest BCUT2D eigenvalue weighted by atomic mass is 32.2. The molecule has 0 saturated carbocycles. The predicted octanol–water partition coefficient (Wildman–Crippen LogP) is 0.828. The number of aromatic carboxylic acids is 1. The van der Waals surface area contributed by atoms with E-state index in [2.05, 4.69) is 4.98 Å². The van der Waals surface area contributed by atoms with E-state index < -0.39 is 5.97 Å². The summed E-state index contributed by atoms with van der Waals surface area (Å²) in [5.41, 5.74) is 0.310. The minimum Gasteiger partial charge on any atom is -0.477 e. The molecule has 5 heteroatoms. The smallest absolute Gasteiger partial charge is 0.354 e. The molecule has 0 atom stereocenters. The van der Waals surface area contributed by atoms with E-state index in [0.29, 0.717) is 5.69 Å². The second-order valence-corrected chi connectivity index (χ2v) is 3.67. The maximum atomic E-state index is 10.7. The van der Waals surface area contributed by atoms with Crippen molar-refractivity contribution in [2.75, 3.05) is 5.75 Å². The molecule has 12 heavy (non-hydrogen) atoms. The summed E-state index contributed by atoms with van der Waals surface area (Å²) in [5.74, 6) is 1.79. The van der Waals surface area contributed by atoms with Gasteiger partial charge in [-0.25, -0.2) is 9.78 Å². The number of nitrogens with zero attached hydrogens (tertiary/aromatic N) is 2. The van der Waals surface area contributed by atoms with Crippen LogP contribution in [-0.2, 0) is 12.3 Å². The molecule has 2 rings (SSSR count). The summed E-state index contributed by atoms with van der Waals surface area (Å²) in [5, 5.41) is 8.76. The van der Waals surface area contributed by atoms with Gasteiger partial charge in [-0.05, 0) is 0 Å². The number of thioether (sulfide) groups is 1. The monoisotopic (exact) mass is 184 g/mol. The molecule has 1 aliphatic heterocycles. The number of rotatable bonds is 1. The highest BCUT2D eigenvalue weighted by molar-refractivity contribution is 7.98. The van der Waals surface area contributed by atoms with Crippen LogP contribution in [0.1, 0.15) is 16.3 Å². The third kappa shape index (κ3) is 1.10. The average Bonchev–Trinajstić information content (AvgIpc) is 2.47. The van der Waals surface area contributed by atoms with Crippen molar-refractivity contribution in [3.63, 3.8) is 0 Å². The number of imidazole rings is 1. The SMILES string of the molecule is O=C(O)c1cnc2n1CCSC2. The molecule has 0 saturated heterocycles. The van der Waals surface area contributed by atoms with Crippen LogP contribution in [0.3, 0.4) is 0 Å². The number of carbonyl (C=O) groups is 1. The fraction of sp³-hybridized carbons (Fsp3) is 0.429. The Morgan fingerprint density at radius 2 is 2.58 bits per heavy atom. The average molecular weight is 184 g/mol. The number of hydrogen-bond acceptors (Lipinski definition) is 3. The van der Waals surface area contributed by atoms with Crippen molar-refractivity contribution in [2.45, 2.75) is 12.3 Å². The number of fused-ring (bicyclic) bond motifs is 1. The van der Waals surface area contributed by atoms with Crippen molar-refractivity contribution < 1.29 is 9.90 Å². The van der Waals surface area contributed by atoms with Crippen LogP contribution in [-0.4, -0.2) is 26.4 Å². The Bertz CT molecular complexity index is 321. The fourth-order valence-electron chi connectivity index (χ4n) is 1.27. The standard InChI is InChI=1S/C7H8N2O2S/c10-7(11)5-3-8-6-4-12-2-1-9(5)6/h3H,1-2,4H2,(H,10,11). The van der Waals surface area contributed by atoms with Crippen molar-refractivity contribution in [3.05, 3.63) is 17.7 Å². The summed E-state index contributed by atoms with van der Waals surface area (Å²) in [6, 6.07) is 0. The third-order valence-electron chi connectivity index (χ3n) is 1.85. The molecule has 2 heterocycles. The lowest BCUT2D eigenvalue weighted by molar-refractivity contribution is 0.0685. The maximum Gasteiger partial charge on any atom is 0.354 e.